The summed E-state index contributed by atoms with van der Waals surface area (Å²) in [6, 6.07) is 6.80. The molecule has 0 fully saturated rings. The van der Waals surface area contributed by atoms with Crippen LogP contribution in [0.4, 0.5) is 0 Å². The fourth-order valence-electron chi connectivity index (χ4n) is 2.16. The van der Waals surface area contributed by atoms with Gasteiger partial charge in [0, 0.05) is 19.4 Å². The zero-order valence-corrected chi connectivity index (χ0v) is 13.0. The lowest BCUT2D eigenvalue weighted by atomic mass is 10.1. The molecule has 0 amide bonds. The molecule has 1 atom stereocenters. The van der Waals surface area contributed by atoms with Crippen molar-refractivity contribution in [2.75, 3.05) is 6.54 Å². The van der Waals surface area contributed by atoms with Crippen LogP contribution in [0.3, 0.4) is 0 Å². The predicted octanol–water partition coefficient (Wildman–Crippen LogP) is 0.961. The number of nitrogens with two attached hydrogens (primary N) is 1. The molecule has 0 spiro atoms. The van der Waals surface area contributed by atoms with E-state index in [0.717, 1.165) is 24.4 Å². The Hall–Kier alpha value is -1.70. The van der Waals surface area contributed by atoms with E-state index in [1.54, 1.807) is 18.3 Å². The standard InChI is InChI=1S/C14H20N4O2S/c1-11(14-17-9-10-18(14)2)16-8-7-12-3-5-13(6-4-12)21(15,19)20/h3-6,9-11,16H,7-8H2,1-2H3,(H2,15,19,20). The van der Waals surface area contributed by atoms with Crippen LogP contribution >= 0.6 is 0 Å². The number of aryl methyl sites for hydroxylation is 1. The molecule has 0 radical (unpaired) electrons. The normalized spacial score (nSPS) is 13.3. The van der Waals surface area contributed by atoms with E-state index < -0.39 is 10.0 Å². The summed E-state index contributed by atoms with van der Waals surface area (Å²) < 4.78 is 24.3. The average Bonchev–Trinajstić information content (AvgIpc) is 2.84. The van der Waals surface area contributed by atoms with Crippen LogP contribution in [-0.2, 0) is 23.5 Å². The second kappa shape index (κ2) is 6.38. The lowest BCUT2D eigenvalue weighted by Crippen LogP contribution is -2.23. The molecular formula is C14H20N4O2S. The fraction of sp³-hybridized carbons (Fsp3) is 0.357. The van der Waals surface area contributed by atoms with Crippen molar-refractivity contribution < 1.29 is 8.42 Å². The summed E-state index contributed by atoms with van der Waals surface area (Å²) in [4.78, 5) is 4.44. The minimum atomic E-state index is -3.61. The third-order valence-electron chi connectivity index (χ3n) is 3.36. The molecule has 1 heterocycles. The minimum absolute atomic E-state index is 0.139. The van der Waals surface area contributed by atoms with Crippen molar-refractivity contribution in [2.24, 2.45) is 12.2 Å². The van der Waals surface area contributed by atoms with Crippen LogP contribution in [0, 0.1) is 0 Å². The van der Waals surface area contributed by atoms with Gasteiger partial charge in [-0.2, -0.15) is 0 Å². The molecule has 21 heavy (non-hydrogen) atoms. The molecular weight excluding hydrogens is 288 g/mol. The molecule has 0 bridgehead atoms. The Morgan fingerprint density at radius 2 is 2.00 bits per heavy atom. The quantitative estimate of drug-likeness (QED) is 0.831. The van der Waals surface area contributed by atoms with Crippen molar-refractivity contribution in [3.63, 3.8) is 0 Å². The van der Waals surface area contributed by atoms with E-state index in [2.05, 4.69) is 17.2 Å². The number of nitrogens with zero attached hydrogens (tertiary/aromatic N) is 2. The second-order valence-electron chi connectivity index (χ2n) is 5.01. The fourth-order valence-corrected chi connectivity index (χ4v) is 2.68. The first-order chi connectivity index (χ1) is 9.88. The first-order valence-electron chi connectivity index (χ1n) is 6.70. The van der Waals surface area contributed by atoms with Gasteiger partial charge in [-0.05, 0) is 37.6 Å². The van der Waals surface area contributed by atoms with Gasteiger partial charge in [0.2, 0.25) is 10.0 Å². The van der Waals surface area contributed by atoms with Crippen LogP contribution in [0.5, 0.6) is 0 Å². The predicted molar refractivity (Wildman–Crippen MR) is 81.1 cm³/mol. The molecule has 0 aliphatic heterocycles. The average molecular weight is 308 g/mol. The van der Waals surface area contributed by atoms with Crippen molar-refractivity contribution in [3.8, 4) is 0 Å². The minimum Gasteiger partial charge on any atom is -0.337 e. The maximum absolute atomic E-state index is 11.2. The smallest absolute Gasteiger partial charge is 0.238 e. The third kappa shape index (κ3) is 4.13. The number of aromatic nitrogens is 2. The van der Waals surface area contributed by atoms with Crippen molar-refractivity contribution in [1.29, 1.82) is 0 Å². The van der Waals surface area contributed by atoms with Gasteiger partial charge in [0.1, 0.15) is 5.82 Å². The first-order valence-corrected chi connectivity index (χ1v) is 8.25. The third-order valence-corrected chi connectivity index (χ3v) is 4.29. The zero-order chi connectivity index (χ0) is 15.5. The number of rotatable bonds is 6. The van der Waals surface area contributed by atoms with E-state index in [-0.39, 0.29) is 10.9 Å². The summed E-state index contributed by atoms with van der Waals surface area (Å²) in [5, 5.41) is 8.46. The van der Waals surface area contributed by atoms with Crippen molar-refractivity contribution in [3.05, 3.63) is 48.0 Å². The highest BCUT2D eigenvalue weighted by atomic mass is 32.2. The molecule has 0 saturated heterocycles. The lowest BCUT2D eigenvalue weighted by molar-refractivity contribution is 0.533. The SMILES string of the molecule is CC(NCCc1ccc(S(N)(=O)=O)cc1)c1nccn1C. The molecule has 7 heteroatoms. The lowest BCUT2D eigenvalue weighted by Gasteiger charge is -2.13. The summed E-state index contributed by atoms with van der Waals surface area (Å²) in [7, 11) is -1.65. The van der Waals surface area contributed by atoms with Crippen LogP contribution in [0.15, 0.2) is 41.6 Å². The molecule has 0 aliphatic carbocycles. The second-order valence-corrected chi connectivity index (χ2v) is 6.57. The summed E-state index contributed by atoms with van der Waals surface area (Å²) in [6.45, 7) is 2.84. The Labute approximate surface area is 125 Å². The van der Waals surface area contributed by atoms with E-state index in [1.807, 2.05) is 17.8 Å². The highest BCUT2D eigenvalue weighted by molar-refractivity contribution is 7.89. The van der Waals surface area contributed by atoms with Crippen LogP contribution in [0.1, 0.15) is 24.4 Å². The van der Waals surface area contributed by atoms with E-state index in [0.29, 0.717) is 0 Å². The zero-order valence-electron chi connectivity index (χ0n) is 12.2. The highest BCUT2D eigenvalue weighted by Gasteiger charge is 2.09. The van der Waals surface area contributed by atoms with Crippen LogP contribution in [0.2, 0.25) is 0 Å². The maximum atomic E-state index is 11.2. The molecule has 6 nitrogen and oxygen atoms in total. The van der Waals surface area contributed by atoms with Gasteiger partial charge in [-0.3, -0.25) is 0 Å². The number of hydrogen-bond acceptors (Lipinski definition) is 4. The van der Waals surface area contributed by atoms with Gasteiger partial charge in [-0.1, -0.05) is 12.1 Å². The molecule has 0 aliphatic rings. The van der Waals surface area contributed by atoms with Gasteiger partial charge >= 0.3 is 0 Å². The van der Waals surface area contributed by atoms with Crippen LogP contribution in [-0.4, -0.2) is 24.5 Å². The Balaban J connectivity index is 1.88. The summed E-state index contributed by atoms with van der Waals surface area (Å²) in [5.74, 6) is 0.986. The summed E-state index contributed by atoms with van der Waals surface area (Å²) in [6.07, 6.45) is 4.50. The number of sulfonamides is 1. The van der Waals surface area contributed by atoms with E-state index >= 15 is 0 Å². The van der Waals surface area contributed by atoms with Crippen LogP contribution < -0.4 is 10.5 Å². The van der Waals surface area contributed by atoms with Gasteiger partial charge < -0.3 is 9.88 Å². The Bertz CT molecular complexity index is 692. The van der Waals surface area contributed by atoms with Gasteiger partial charge in [0.15, 0.2) is 0 Å². The Morgan fingerprint density at radius 3 is 2.52 bits per heavy atom. The molecule has 2 aromatic rings. The maximum Gasteiger partial charge on any atom is 0.238 e. The molecule has 1 unspecified atom stereocenters. The first kappa shape index (κ1) is 15.7. The molecule has 1 aromatic carbocycles. The largest absolute Gasteiger partial charge is 0.337 e. The molecule has 1 aromatic heterocycles. The van der Waals surface area contributed by atoms with Gasteiger partial charge in [0.25, 0.3) is 0 Å². The van der Waals surface area contributed by atoms with E-state index in [1.165, 1.54) is 12.1 Å². The van der Waals surface area contributed by atoms with Gasteiger partial charge in [-0.25, -0.2) is 18.5 Å². The molecule has 2 rings (SSSR count). The van der Waals surface area contributed by atoms with Crippen molar-refractivity contribution >= 4 is 10.0 Å². The van der Waals surface area contributed by atoms with E-state index in [4.69, 9.17) is 5.14 Å². The molecule has 0 saturated carbocycles. The monoisotopic (exact) mass is 308 g/mol. The Morgan fingerprint density at radius 1 is 1.33 bits per heavy atom. The number of benzene rings is 1. The molecule has 114 valence electrons. The number of nitrogens with one attached hydrogen (secondary N) is 1. The summed E-state index contributed by atoms with van der Waals surface area (Å²) in [5.41, 5.74) is 1.06. The van der Waals surface area contributed by atoms with Crippen molar-refractivity contribution in [1.82, 2.24) is 14.9 Å². The van der Waals surface area contributed by atoms with E-state index in [9.17, 15) is 8.42 Å². The van der Waals surface area contributed by atoms with Gasteiger partial charge in [-0.15, -0.1) is 0 Å². The van der Waals surface area contributed by atoms with Crippen LogP contribution in [0.25, 0.3) is 0 Å². The van der Waals surface area contributed by atoms with Crippen molar-refractivity contribution in [2.45, 2.75) is 24.3 Å². The van der Waals surface area contributed by atoms with Gasteiger partial charge in [0.05, 0.1) is 10.9 Å². The highest BCUT2D eigenvalue weighted by Crippen LogP contribution is 2.11. The number of hydrogen-bond donors (Lipinski definition) is 2. The summed E-state index contributed by atoms with van der Waals surface area (Å²) >= 11 is 0. The Kier molecular flexibility index (Phi) is 4.76. The number of imidazole rings is 1. The topological polar surface area (TPSA) is 90.0 Å². The molecule has 3 N–H and O–H groups in total. The number of primary sulfonamides is 1.